The van der Waals surface area contributed by atoms with Gasteiger partial charge in [0.05, 0.1) is 13.5 Å². The van der Waals surface area contributed by atoms with Crippen LogP contribution < -0.4 is 10.1 Å². The number of amides is 2. The topological polar surface area (TPSA) is 58.6 Å². The highest BCUT2D eigenvalue weighted by Crippen LogP contribution is 2.17. The molecule has 2 rings (SSSR count). The number of nitrogens with one attached hydrogen (secondary N) is 1. The van der Waals surface area contributed by atoms with E-state index in [1.165, 1.54) is 11.0 Å². The average Bonchev–Trinajstić information content (AvgIpc) is 2.71. The molecule has 0 bridgehead atoms. The summed E-state index contributed by atoms with van der Waals surface area (Å²) < 4.78 is 19.3. The number of benzene rings is 2. The highest BCUT2D eigenvalue weighted by atomic mass is 19.1. The fourth-order valence-corrected chi connectivity index (χ4v) is 2.86. The molecule has 2 aromatic rings. The minimum absolute atomic E-state index is 0.0257. The molecule has 0 aliphatic heterocycles. The molecule has 5 nitrogen and oxygen atoms in total. The highest BCUT2D eigenvalue weighted by molar-refractivity contribution is 5.88. The van der Waals surface area contributed by atoms with Gasteiger partial charge in [-0.15, -0.1) is 0 Å². The number of halogens is 1. The Hall–Kier alpha value is -2.89. The standard InChI is InChI=1S/C23H29FN2O3/c1-16(2)14-25-23(28)17(3)26(15-19-7-5-6-8-21(19)24)22(27)13-18-9-11-20(29-4)12-10-18/h5-12,16-17H,13-15H2,1-4H3,(H,25,28)/t17-/m1/s1. The van der Waals surface area contributed by atoms with Gasteiger partial charge >= 0.3 is 0 Å². The molecule has 2 aromatic carbocycles. The Balaban J connectivity index is 2.20. The Bertz CT molecular complexity index is 821. The van der Waals surface area contributed by atoms with Crippen LogP contribution >= 0.6 is 0 Å². The van der Waals surface area contributed by atoms with E-state index in [9.17, 15) is 14.0 Å². The molecule has 0 unspecified atom stereocenters. The molecule has 2 amide bonds. The van der Waals surface area contributed by atoms with E-state index in [-0.39, 0.29) is 24.8 Å². The monoisotopic (exact) mass is 400 g/mol. The fraction of sp³-hybridized carbons (Fsp3) is 0.391. The minimum Gasteiger partial charge on any atom is -0.497 e. The summed E-state index contributed by atoms with van der Waals surface area (Å²) >= 11 is 0. The number of rotatable bonds is 9. The van der Waals surface area contributed by atoms with Crippen molar-refractivity contribution in [2.75, 3.05) is 13.7 Å². The summed E-state index contributed by atoms with van der Waals surface area (Å²) in [5.41, 5.74) is 1.17. The zero-order valence-corrected chi connectivity index (χ0v) is 17.4. The Labute approximate surface area is 171 Å². The molecule has 0 heterocycles. The summed E-state index contributed by atoms with van der Waals surface area (Å²) in [5.74, 6) is 0.0975. The van der Waals surface area contributed by atoms with Gasteiger partial charge in [0.25, 0.3) is 0 Å². The van der Waals surface area contributed by atoms with Gasteiger partial charge in [0.15, 0.2) is 0 Å². The Morgan fingerprint density at radius 2 is 1.72 bits per heavy atom. The Morgan fingerprint density at radius 1 is 1.07 bits per heavy atom. The van der Waals surface area contributed by atoms with E-state index < -0.39 is 11.9 Å². The van der Waals surface area contributed by atoms with Crippen LogP contribution in [0.1, 0.15) is 31.9 Å². The Kier molecular flexibility index (Phi) is 8.19. The molecule has 0 aliphatic carbocycles. The van der Waals surface area contributed by atoms with Crippen LogP contribution in [0.25, 0.3) is 0 Å². The molecule has 6 heteroatoms. The summed E-state index contributed by atoms with van der Waals surface area (Å²) in [6.45, 7) is 6.21. The van der Waals surface area contributed by atoms with Crippen LogP contribution in [0.4, 0.5) is 4.39 Å². The minimum atomic E-state index is -0.723. The maximum Gasteiger partial charge on any atom is 0.242 e. The molecule has 1 N–H and O–H groups in total. The summed E-state index contributed by atoms with van der Waals surface area (Å²) in [7, 11) is 1.58. The average molecular weight is 400 g/mol. The van der Waals surface area contributed by atoms with Crippen LogP contribution in [-0.4, -0.2) is 36.4 Å². The smallest absolute Gasteiger partial charge is 0.242 e. The van der Waals surface area contributed by atoms with E-state index in [0.29, 0.717) is 23.8 Å². The predicted molar refractivity (Wildman–Crippen MR) is 111 cm³/mol. The van der Waals surface area contributed by atoms with Gasteiger partial charge in [-0.2, -0.15) is 0 Å². The summed E-state index contributed by atoms with van der Waals surface area (Å²) in [5, 5.41) is 2.85. The van der Waals surface area contributed by atoms with Gasteiger partial charge in [-0.1, -0.05) is 44.2 Å². The number of ether oxygens (including phenoxy) is 1. The molecule has 1 atom stereocenters. The lowest BCUT2D eigenvalue weighted by Gasteiger charge is -2.29. The third kappa shape index (κ3) is 6.59. The van der Waals surface area contributed by atoms with Crippen molar-refractivity contribution in [1.82, 2.24) is 10.2 Å². The second-order valence-corrected chi connectivity index (χ2v) is 7.45. The van der Waals surface area contributed by atoms with Crippen molar-refractivity contribution < 1.29 is 18.7 Å². The molecule has 0 spiro atoms. The van der Waals surface area contributed by atoms with E-state index in [1.54, 1.807) is 44.4 Å². The normalized spacial score (nSPS) is 11.8. The third-order valence-corrected chi connectivity index (χ3v) is 4.66. The van der Waals surface area contributed by atoms with Gasteiger partial charge in [0, 0.05) is 18.7 Å². The first kappa shape index (κ1) is 22.4. The van der Waals surface area contributed by atoms with Crippen molar-refractivity contribution in [3.05, 3.63) is 65.5 Å². The van der Waals surface area contributed by atoms with Gasteiger partial charge in [-0.05, 0) is 36.6 Å². The first-order valence-electron chi connectivity index (χ1n) is 9.75. The highest BCUT2D eigenvalue weighted by Gasteiger charge is 2.27. The van der Waals surface area contributed by atoms with Gasteiger partial charge in [0.1, 0.15) is 17.6 Å². The molecular formula is C23H29FN2O3. The van der Waals surface area contributed by atoms with Crippen molar-refractivity contribution in [2.45, 2.75) is 39.8 Å². The Morgan fingerprint density at radius 3 is 2.31 bits per heavy atom. The number of hydrogen-bond donors (Lipinski definition) is 1. The van der Waals surface area contributed by atoms with Crippen molar-refractivity contribution in [3.8, 4) is 5.75 Å². The number of methoxy groups -OCH3 is 1. The zero-order chi connectivity index (χ0) is 21.4. The lowest BCUT2D eigenvalue weighted by atomic mass is 10.1. The van der Waals surface area contributed by atoms with E-state index in [2.05, 4.69) is 5.32 Å². The number of carbonyl (C=O) groups excluding carboxylic acids is 2. The van der Waals surface area contributed by atoms with Gasteiger partial charge in [-0.25, -0.2) is 4.39 Å². The third-order valence-electron chi connectivity index (χ3n) is 4.66. The maximum atomic E-state index is 14.2. The lowest BCUT2D eigenvalue weighted by molar-refractivity contribution is -0.140. The number of nitrogens with zero attached hydrogens (tertiary/aromatic N) is 1. The van der Waals surface area contributed by atoms with Crippen LogP contribution in [0.2, 0.25) is 0 Å². The molecule has 0 radical (unpaired) electrons. The van der Waals surface area contributed by atoms with Crippen molar-refractivity contribution in [1.29, 1.82) is 0 Å². The molecule has 29 heavy (non-hydrogen) atoms. The predicted octanol–water partition coefficient (Wildman–Crippen LogP) is 3.57. The summed E-state index contributed by atoms with van der Waals surface area (Å²) in [4.78, 5) is 27.1. The SMILES string of the molecule is COc1ccc(CC(=O)N(Cc2ccccc2F)[C@H](C)C(=O)NCC(C)C)cc1. The van der Waals surface area contributed by atoms with Gasteiger partial charge in [0.2, 0.25) is 11.8 Å². The van der Waals surface area contributed by atoms with Crippen molar-refractivity contribution in [2.24, 2.45) is 5.92 Å². The zero-order valence-electron chi connectivity index (χ0n) is 17.4. The summed E-state index contributed by atoms with van der Waals surface area (Å²) in [6.07, 6.45) is 0.111. The van der Waals surface area contributed by atoms with Crippen LogP contribution in [0.3, 0.4) is 0 Å². The molecule has 0 aromatic heterocycles. The second kappa shape index (κ2) is 10.6. The van der Waals surface area contributed by atoms with E-state index in [0.717, 1.165) is 5.56 Å². The molecule has 0 fully saturated rings. The first-order valence-corrected chi connectivity index (χ1v) is 9.75. The fourth-order valence-electron chi connectivity index (χ4n) is 2.86. The van der Waals surface area contributed by atoms with Gasteiger partial charge in [-0.3, -0.25) is 9.59 Å². The lowest BCUT2D eigenvalue weighted by Crippen LogP contribution is -2.48. The van der Waals surface area contributed by atoms with Crippen molar-refractivity contribution in [3.63, 3.8) is 0 Å². The first-order chi connectivity index (χ1) is 13.8. The second-order valence-electron chi connectivity index (χ2n) is 7.45. The molecule has 0 saturated carbocycles. The van der Waals surface area contributed by atoms with Crippen LogP contribution in [0.5, 0.6) is 5.75 Å². The van der Waals surface area contributed by atoms with E-state index >= 15 is 0 Å². The van der Waals surface area contributed by atoms with Crippen LogP contribution in [0, 0.1) is 11.7 Å². The molecular weight excluding hydrogens is 371 g/mol. The maximum absolute atomic E-state index is 14.2. The largest absolute Gasteiger partial charge is 0.497 e. The van der Waals surface area contributed by atoms with Crippen molar-refractivity contribution >= 4 is 11.8 Å². The van der Waals surface area contributed by atoms with E-state index in [4.69, 9.17) is 4.74 Å². The molecule has 156 valence electrons. The number of hydrogen-bond acceptors (Lipinski definition) is 3. The van der Waals surface area contributed by atoms with E-state index in [1.807, 2.05) is 26.0 Å². The van der Waals surface area contributed by atoms with Crippen LogP contribution in [0.15, 0.2) is 48.5 Å². The van der Waals surface area contributed by atoms with Crippen LogP contribution in [-0.2, 0) is 22.6 Å². The quantitative estimate of drug-likeness (QED) is 0.700. The summed E-state index contributed by atoms with van der Waals surface area (Å²) in [6, 6.07) is 12.7. The van der Waals surface area contributed by atoms with Gasteiger partial charge < -0.3 is 15.0 Å². The molecule has 0 saturated heterocycles. The number of carbonyl (C=O) groups is 2. The molecule has 0 aliphatic rings.